The molecule has 130 valence electrons. The number of hydrogen-bond acceptors (Lipinski definition) is 4. The molecule has 2 aliphatic heterocycles. The molecule has 0 N–H and O–H groups in total. The van der Waals surface area contributed by atoms with E-state index in [0.29, 0.717) is 0 Å². The molecule has 1 saturated heterocycles. The van der Waals surface area contributed by atoms with Crippen LogP contribution in [0.25, 0.3) is 0 Å². The highest BCUT2D eigenvalue weighted by atomic mass is 32.2. The molecule has 0 atom stereocenters. The molecule has 4 nitrogen and oxygen atoms in total. The van der Waals surface area contributed by atoms with Gasteiger partial charge in [-0.3, -0.25) is 4.79 Å². The van der Waals surface area contributed by atoms with Gasteiger partial charge in [-0.15, -0.1) is 11.8 Å². The van der Waals surface area contributed by atoms with Crippen LogP contribution < -0.4 is 9.80 Å². The van der Waals surface area contributed by atoms with Crippen molar-refractivity contribution < 1.29 is 4.79 Å². The zero-order chi connectivity index (χ0) is 17.2. The number of nitrogens with zero attached hydrogens (tertiary/aromatic N) is 3. The Morgan fingerprint density at radius 3 is 2.48 bits per heavy atom. The quantitative estimate of drug-likeness (QED) is 0.828. The molecule has 4 rings (SSSR count). The van der Waals surface area contributed by atoms with E-state index in [1.165, 1.54) is 16.3 Å². The Morgan fingerprint density at radius 1 is 0.960 bits per heavy atom. The molecule has 2 heterocycles. The van der Waals surface area contributed by atoms with Gasteiger partial charge in [0.05, 0.1) is 5.69 Å². The lowest BCUT2D eigenvalue weighted by atomic mass is 10.1. The van der Waals surface area contributed by atoms with Gasteiger partial charge in [-0.2, -0.15) is 0 Å². The third-order valence-electron chi connectivity index (χ3n) is 4.99. The van der Waals surface area contributed by atoms with E-state index in [-0.39, 0.29) is 5.91 Å². The van der Waals surface area contributed by atoms with Crippen molar-refractivity contribution in [1.82, 2.24) is 4.90 Å². The number of fused-ring (bicyclic) bond motifs is 1. The van der Waals surface area contributed by atoms with Crippen LogP contribution in [0.15, 0.2) is 53.4 Å². The molecule has 0 unspecified atom stereocenters. The molecular formula is C20H23N3OS. The molecule has 0 aromatic heterocycles. The molecule has 5 heteroatoms. The number of anilines is 2. The van der Waals surface area contributed by atoms with Crippen molar-refractivity contribution in [2.24, 2.45) is 0 Å². The van der Waals surface area contributed by atoms with E-state index in [2.05, 4.69) is 53.2 Å². The predicted molar refractivity (Wildman–Crippen MR) is 105 cm³/mol. The fraction of sp³-hybridized carbons (Fsp3) is 0.350. The van der Waals surface area contributed by atoms with E-state index in [9.17, 15) is 4.79 Å². The number of carbonyl (C=O) groups is 1. The van der Waals surface area contributed by atoms with Crippen molar-refractivity contribution in [3.8, 4) is 0 Å². The van der Waals surface area contributed by atoms with Crippen LogP contribution in [-0.4, -0.2) is 56.3 Å². The summed E-state index contributed by atoms with van der Waals surface area (Å²) in [5.41, 5.74) is 3.23. The van der Waals surface area contributed by atoms with Crippen LogP contribution in [0.1, 0.15) is 10.4 Å². The number of carbonyl (C=O) groups excluding carboxylic acids is 1. The molecule has 0 spiro atoms. The first-order chi connectivity index (χ1) is 12.2. The Kier molecular flexibility index (Phi) is 4.57. The van der Waals surface area contributed by atoms with Crippen LogP contribution in [0.2, 0.25) is 0 Å². The van der Waals surface area contributed by atoms with E-state index >= 15 is 0 Å². The molecular weight excluding hydrogens is 330 g/mol. The number of thioether (sulfide) groups is 1. The van der Waals surface area contributed by atoms with E-state index in [0.717, 1.165) is 44.0 Å². The summed E-state index contributed by atoms with van der Waals surface area (Å²) < 4.78 is 0. The van der Waals surface area contributed by atoms with Crippen molar-refractivity contribution in [2.75, 3.05) is 55.3 Å². The fourth-order valence-corrected chi connectivity index (χ4v) is 4.58. The Labute approximate surface area is 153 Å². The Morgan fingerprint density at radius 2 is 1.72 bits per heavy atom. The highest BCUT2D eigenvalue weighted by Gasteiger charge is 2.24. The Bertz CT molecular complexity index is 757. The number of rotatable bonds is 2. The number of hydrogen-bond donors (Lipinski definition) is 0. The number of piperazine rings is 1. The summed E-state index contributed by atoms with van der Waals surface area (Å²) in [6.07, 6.45) is 0. The maximum atomic E-state index is 12.9. The van der Waals surface area contributed by atoms with Gasteiger partial charge in [0, 0.05) is 61.7 Å². The minimum absolute atomic E-state index is 0.152. The topological polar surface area (TPSA) is 26.8 Å². The van der Waals surface area contributed by atoms with Gasteiger partial charge in [-0.05, 0) is 30.3 Å². The van der Waals surface area contributed by atoms with E-state index in [1.54, 1.807) is 0 Å². The van der Waals surface area contributed by atoms with Crippen LogP contribution in [0.4, 0.5) is 11.4 Å². The lowest BCUT2D eigenvalue weighted by Gasteiger charge is -2.36. The molecule has 1 fully saturated rings. The largest absolute Gasteiger partial charge is 0.373 e. The minimum atomic E-state index is 0.152. The second kappa shape index (κ2) is 7.00. The summed E-state index contributed by atoms with van der Waals surface area (Å²) in [7, 11) is 2.10. The lowest BCUT2D eigenvalue weighted by Crippen LogP contribution is -2.48. The van der Waals surface area contributed by atoms with Crippen LogP contribution in [0.3, 0.4) is 0 Å². The smallest absolute Gasteiger partial charge is 0.254 e. The summed E-state index contributed by atoms with van der Waals surface area (Å²) in [6.45, 7) is 4.35. The third kappa shape index (κ3) is 3.33. The van der Waals surface area contributed by atoms with Crippen LogP contribution in [-0.2, 0) is 0 Å². The number of para-hydroxylation sites is 1. The van der Waals surface area contributed by atoms with Crippen molar-refractivity contribution in [2.45, 2.75) is 4.90 Å². The van der Waals surface area contributed by atoms with Crippen molar-refractivity contribution in [3.63, 3.8) is 0 Å². The highest BCUT2D eigenvalue weighted by Crippen LogP contribution is 2.34. The number of benzene rings is 2. The molecule has 0 bridgehead atoms. The molecule has 0 radical (unpaired) electrons. The molecule has 0 aliphatic carbocycles. The molecule has 2 aliphatic rings. The van der Waals surface area contributed by atoms with Crippen LogP contribution in [0.5, 0.6) is 0 Å². The SMILES string of the molecule is CN1CCSc2ccc(C(=O)N3CCN(c4ccccc4)CC3)cc21. The van der Waals surface area contributed by atoms with Crippen molar-refractivity contribution in [1.29, 1.82) is 0 Å². The van der Waals surface area contributed by atoms with Gasteiger partial charge in [0.25, 0.3) is 5.91 Å². The van der Waals surface area contributed by atoms with E-state index in [4.69, 9.17) is 0 Å². The first kappa shape index (κ1) is 16.3. The average molecular weight is 353 g/mol. The van der Waals surface area contributed by atoms with Gasteiger partial charge in [0.15, 0.2) is 0 Å². The average Bonchev–Trinajstić information content (AvgIpc) is 2.68. The summed E-state index contributed by atoms with van der Waals surface area (Å²) >= 11 is 1.87. The van der Waals surface area contributed by atoms with Crippen LogP contribution >= 0.6 is 11.8 Å². The molecule has 2 aromatic rings. The monoisotopic (exact) mass is 353 g/mol. The summed E-state index contributed by atoms with van der Waals surface area (Å²) in [6, 6.07) is 16.6. The Hall–Kier alpha value is -2.14. The minimum Gasteiger partial charge on any atom is -0.373 e. The Balaban J connectivity index is 1.45. The molecule has 2 aromatic carbocycles. The van der Waals surface area contributed by atoms with Gasteiger partial charge in [0.2, 0.25) is 0 Å². The maximum Gasteiger partial charge on any atom is 0.254 e. The van der Waals surface area contributed by atoms with Gasteiger partial charge >= 0.3 is 0 Å². The second-order valence-electron chi connectivity index (χ2n) is 6.57. The highest BCUT2D eigenvalue weighted by molar-refractivity contribution is 7.99. The first-order valence-electron chi connectivity index (χ1n) is 8.79. The molecule has 25 heavy (non-hydrogen) atoms. The lowest BCUT2D eigenvalue weighted by molar-refractivity contribution is 0.0747. The van der Waals surface area contributed by atoms with Crippen LogP contribution in [0, 0.1) is 0 Å². The molecule has 0 saturated carbocycles. The van der Waals surface area contributed by atoms with E-state index < -0.39 is 0 Å². The van der Waals surface area contributed by atoms with Gasteiger partial charge < -0.3 is 14.7 Å². The van der Waals surface area contributed by atoms with Crippen molar-refractivity contribution >= 4 is 29.0 Å². The number of amides is 1. The standard InChI is InChI=1S/C20H23N3OS/c1-21-13-14-25-19-8-7-16(15-18(19)21)20(24)23-11-9-22(10-12-23)17-5-3-2-4-6-17/h2-8,15H,9-14H2,1H3. The maximum absolute atomic E-state index is 12.9. The summed E-state index contributed by atoms with van der Waals surface area (Å²) in [4.78, 5) is 20.8. The van der Waals surface area contributed by atoms with Gasteiger partial charge in [0.1, 0.15) is 0 Å². The zero-order valence-corrected chi connectivity index (χ0v) is 15.3. The van der Waals surface area contributed by atoms with Crippen molar-refractivity contribution in [3.05, 3.63) is 54.1 Å². The molecule has 1 amide bonds. The third-order valence-corrected chi connectivity index (χ3v) is 6.03. The fourth-order valence-electron chi connectivity index (χ4n) is 3.47. The van der Waals surface area contributed by atoms with Gasteiger partial charge in [-0.1, -0.05) is 18.2 Å². The zero-order valence-electron chi connectivity index (χ0n) is 14.5. The summed E-state index contributed by atoms with van der Waals surface area (Å²) in [5.74, 6) is 1.26. The van der Waals surface area contributed by atoms with Gasteiger partial charge in [-0.25, -0.2) is 0 Å². The summed E-state index contributed by atoms with van der Waals surface area (Å²) in [5, 5.41) is 0. The second-order valence-corrected chi connectivity index (χ2v) is 7.70. The first-order valence-corrected chi connectivity index (χ1v) is 9.78. The normalized spacial score (nSPS) is 17.4. The predicted octanol–water partition coefficient (Wildman–Crippen LogP) is 3.19. The van der Waals surface area contributed by atoms with E-state index in [1.807, 2.05) is 28.8 Å².